The minimum atomic E-state index is -0.413. The van der Waals surface area contributed by atoms with Gasteiger partial charge in [0.2, 0.25) is 11.8 Å². The van der Waals surface area contributed by atoms with E-state index in [0.29, 0.717) is 24.5 Å². The Labute approximate surface area is 165 Å². The van der Waals surface area contributed by atoms with Crippen molar-refractivity contribution in [1.82, 2.24) is 14.8 Å². The van der Waals surface area contributed by atoms with E-state index in [0.717, 1.165) is 32.4 Å². The third-order valence-electron chi connectivity index (χ3n) is 5.95. The van der Waals surface area contributed by atoms with Crippen molar-refractivity contribution >= 4 is 11.8 Å². The van der Waals surface area contributed by atoms with Crippen molar-refractivity contribution in [3.8, 4) is 5.88 Å². The van der Waals surface area contributed by atoms with Gasteiger partial charge in [0, 0.05) is 44.0 Å². The van der Waals surface area contributed by atoms with Crippen LogP contribution in [0.5, 0.6) is 5.88 Å². The monoisotopic (exact) mass is 379 g/mol. The van der Waals surface area contributed by atoms with Gasteiger partial charge in [-0.05, 0) is 30.9 Å². The van der Waals surface area contributed by atoms with E-state index in [9.17, 15) is 9.59 Å². The lowest BCUT2D eigenvalue weighted by atomic mass is 9.85. The molecule has 0 aliphatic carbocycles. The average Bonchev–Trinajstić information content (AvgIpc) is 3.31. The van der Waals surface area contributed by atoms with E-state index in [1.165, 1.54) is 12.7 Å². The smallest absolute Gasteiger partial charge is 0.254 e. The predicted molar refractivity (Wildman–Crippen MR) is 105 cm³/mol. The first-order valence-electron chi connectivity index (χ1n) is 9.74. The number of ether oxygens (including phenoxy) is 1. The fourth-order valence-electron chi connectivity index (χ4n) is 4.28. The number of pyridine rings is 1. The summed E-state index contributed by atoms with van der Waals surface area (Å²) in [6.45, 7) is 2.62. The van der Waals surface area contributed by atoms with Gasteiger partial charge in [0.15, 0.2) is 0 Å². The van der Waals surface area contributed by atoms with Crippen molar-refractivity contribution < 1.29 is 14.3 Å². The van der Waals surface area contributed by atoms with Crippen LogP contribution in [0.3, 0.4) is 0 Å². The number of hydrogen-bond acceptors (Lipinski definition) is 4. The number of amides is 2. The van der Waals surface area contributed by atoms with Gasteiger partial charge in [0.25, 0.3) is 5.91 Å². The summed E-state index contributed by atoms with van der Waals surface area (Å²) in [6.07, 6.45) is 4.00. The molecular weight excluding hydrogens is 354 g/mol. The predicted octanol–water partition coefficient (Wildman–Crippen LogP) is 2.40. The molecule has 2 aliphatic rings. The largest absolute Gasteiger partial charge is 0.481 e. The quantitative estimate of drug-likeness (QED) is 0.800. The number of methoxy groups -OCH3 is 1. The standard InChI is InChI=1S/C22H25N3O3/c1-28-19-15-18(7-11-23-19)20(26)25-14-10-22(16-25)9-13-24(21(22)27)12-8-17-5-3-2-4-6-17/h2-7,11,15H,8-10,12-14,16H2,1H3. The van der Waals surface area contributed by atoms with Gasteiger partial charge in [0.05, 0.1) is 12.5 Å². The molecular formula is C22H25N3O3. The highest BCUT2D eigenvalue weighted by atomic mass is 16.5. The van der Waals surface area contributed by atoms with Crippen LogP contribution in [0.2, 0.25) is 0 Å². The molecule has 2 saturated heterocycles. The zero-order valence-electron chi connectivity index (χ0n) is 16.1. The molecule has 1 aromatic heterocycles. The maximum atomic E-state index is 13.1. The summed E-state index contributed by atoms with van der Waals surface area (Å²) < 4.78 is 5.11. The Morgan fingerprint density at radius 3 is 2.75 bits per heavy atom. The van der Waals surface area contributed by atoms with Crippen molar-refractivity contribution in [1.29, 1.82) is 0 Å². The molecule has 1 spiro atoms. The van der Waals surface area contributed by atoms with E-state index in [1.54, 1.807) is 23.2 Å². The number of carbonyl (C=O) groups excluding carboxylic acids is 2. The van der Waals surface area contributed by atoms with Gasteiger partial charge in [-0.3, -0.25) is 9.59 Å². The van der Waals surface area contributed by atoms with E-state index in [2.05, 4.69) is 17.1 Å². The molecule has 2 fully saturated rings. The summed E-state index contributed by atoms with van der Waals surface area (Å²) >= 11 is 0. The van der Waals surface area contributed by atoms with E-state index in [-0.39, 0.29) is 11.8 Å². The molecule has 2 aromatic rings. The fourth-order valence-corrected chi connectivity index (χ4v) is 4.28. The summed E-state index contributed by atoms with van der Waals surface area (Å²) in [7, 11) is 1.53. The van der Waals surface area contributed by atoms with Gasteiger partial charge in [-0.1, -0.05) is 30.3 Å². The average molecular weight is 379 g/mol. The number of hydrogen-bond donors (Lipinski definition) is 0. The van der Waals surface area contributed by atoms with Crippen molar-refractivity contribution in [2.75, 3.05) is 33.3 Å². The van der Waals surface area contributed by atoms with Gasteiger partial charge in [-0.2, -0.15) is 0 Å². The number of likely N-dealkylation sites (tertiary alicyclic amines) is 2. The van der Waals surface area contributed by atoms with E-state index in [4.69, 9.17) is 4.74 Å². The van der Waals surface area contributed by atoms with E-state index >= 15 is 0 Å². The molecule has 1 unspecified atom stereocenters. The second kappa shape index (κ2) is 7.62. The van der Waals surface area contributed by atoms with Crippen LogP contribution in [0.25, 0.3) is 0 Å². The molecule has 3 heterocycles. The van der Waals surface area contributed by atoms with Gasteiger partial charge in [-0.15, -0.1) is 0 Å². The highest BCUT2D eigenvalue weighted by Gasteiger charge is 2.51. The molecule has 6 nitrogen and oxygen atoms in total. The first-order chi connectivity index (χ1) is 13.6. The van der Waals surface area contributed by atoms with Crippen LogP contribution in [0.4, 0.5) is 0 Å². The summed E-state index contributed by atoms with van der Waals surface area (Å²) in [4.78, 5) is 33.8. The van der Waals surface area contributed by atoms with Crippen molar-refractivity contribution in [2.24, 2.45) is 5.41 Å². The van der Waals surface area contributed by atoms with E-state index in [1.807, 2.05) is 23.1 Å². The zero-order chi connectivity index (χ0) is 19.6. The highest BCUT2D eigenvalue weighted by Crippen LogP contribution is 2.41. The molecule has 1 aromatic carbocycles. The number of aromatic nitrogens is 1. The summed E-state index contributed by atoms with van der Waals surface area (Å²) in [5.41, 5.74) is 1.38. The second-order valence-electron chi connectivity index (χ2n) is 7.62. The Hall–Kier alpha value is -2.89. The number of carbonyl (C=O) groups is 2. The van der Waals surface area contributed by atoms with Crippen LogP contribution < -0.4 is 4.74 Å². The zero-order valence-corrected chi connectivity index (χ0v) is 16.1. The van der Waals surface area contributed by atoms with Crippen LogP contribution in [-0.2, 0) is 11.2 Å². The summed E-state index contributed by atoms with van der Waals surface area (Å²) in [5.74, 6) is 0.558. The molecule has 0 bridgehead atoms. The molecule has 28 heavy (non-hydrogen) atoms. The third kappa shape index (κ3) is 3.46. The molecule has 0 N–H and O–H groups in total. The Morgan fingerprint density at radius 2 is 1.96 bits per heavy atom. The van der Waals surface area contributed by atoms with Crippen LogP contribution in [0, 0.1) is 5.41 Å². The lowest BCUT2D eigenvalue weighted by molar-refractivity contribution is -0.135. The molecule has 6 heteroatoms. The van der Waals surface area contributed by atoms with Crippen LogP contribution >= 0.6 is 0 Å². The topological polar surface area (TPSA) is 62.7 Å². The Bertz CT molecular complexity index is 870. The first kappa shape index (κ1) is 18.5. The van der Waals surface area contributed by atoms with Gasteiger partial charge in [0.1, 0.15) is 0 Å². The molecule has 0 radical (unpaired) electrons. The molecule has 146 valence electrons. The summed E-state index contributed by atoms with van der Waals surface area (Å²) in [5, 5.41) is 0. The van der Waals surface area contributed by atoms with Gasteiger partial charge >= 0.3 is 0 Å². The number of rotatable bonds is 5. The minimum Gasteiger partial charge on any atom is -0.481 e. The summed E-state index contributed by atoms with van der Waals surface area (Å²) in [6, 6.07) is 13.6. The molecule has 1 atom stereocenters. The minimum absolute atomic E-state index is 0.0619. The normalized spacial score (nSPS) is 21.5. The number of nitrogens with zero attached hydrogens (tertiary/aromatic N) is 3. The second-order valence-corrected chi connectivity index (χ2v) is 7.62. The number of benzene rings is 1. The van der Waals surface area contributed by atoms with Gasteiger partial charge < -0.3 is 14.5 Å². The lowest BCUT2D eigenvalue weighted by Crippen LogP contribution is -2.39. The first-order valence-corrected chi connectivity index (χ1v) is 9.74. The Morgan fingerprint density at radius 1 is 1.18 bits per heavy atom. The molecule has 2 amide bonds. The van der Waals surface area contributed by atoms with Crippen LogP contribution in [0.1, 0.15) is 28.8 Å². The van der Waals surface area contributed by atoms with Crippen molar-refractivity contribution in [2.45, 2.75) is 19.3 Å². The SMILES string of the molecule is COc1cc(C(=O)N2CCC3(CCN(CCc4ccccc4)C3=O)C2)ccn1. The lowest BCUT2D eigenvalue weighted by Gasteiger charge is -2.24. The van der Waals surface area contributed by atoms with Crippen molar-refractivity contribution in [3.63, 3.8) is 0 Å². The van der Waals surface area contributed by atoms with E-state index < -0.39 is 5.41 Å². The fraction of sp³-hybridized carbons (Fsp3) is 0.409. The Balaban J connectivity index is 1.40. The Kier molecular flexibility index (Phi) is 5.03. The maximum absolute atomic E-state index is 13.1. The van der Waals surface area contributed by atoms with Crippen LogP contribution in [-0.4, -0.2) is 59.9 Å². The van der Waals surface area contributed by atoms with Gasteiger partial charge in [-0.25, -0.2) is 4.98 Å². The van der Waals surface area contributed by atoms with Crippen molar-refractivity contribution in [3.05, 3.63) is 59.8 Å². The molecule has 0 saturated carbocycles. The third-order valence-corrected chi connectivity index (χ3v) is 5.95. The molecule has 2 aliphatic heterocycles. The molecule has 4 rings (SSSR count). The maximum Gasteiger partial charge on any atom is 0.254 e. The highest BCUT2D eigenvalue weighted by molar-refractivity contribution is 5.96. The van der Waals surface area contributed by atoms with Crippen LogP contribution in [0.15, 0.2) is 48.7 Å².